The van der Waals surface area contributed by atoms with E-state index in [1.54, 1.807) is 0 Å². The fourth-order valence-corrected chi connectivity index (χ4v) is 4.49. The van der Waals surface area contributed by atoms with Crippen LogP contribution in [0.3, 0.4) is 0 Å². The number of Topliss-reactive ketones (excluding diaryl/α,β-unsaturated/α-hetero) is 3. The first kappa shape index (κ1) is 25.2. The van der Waals surface area contributed by atoms with E-state index >= 15 is 0 Å². The van der Waals surface area contributed by atoms with Crippen LogP contribution in [-0.4, -0.2) is 54.9 Å². The molecule has 10 nitrogen and oxygen atoms in total. The van der Waals surface area contributed by atoms with Crippen molar-refractivity contribution in [3.8, 4) is 11.8 Å². The second kappa shape index (κ2) is 9.44. The molecule has 1 aliphatic rings. The molecular formula is C20H18F3N3O7S. The number of alkyl halides is 3. The SMILES string of the molecule is COc1cc(OC)nc(S(=O)(=O)Cc2nc(C(F)(F)F)ccc2C(=O)C2C(=O)CCCC2=O)n1. The molecule has 2 aromatic rings. The number of halogens is 3. The molecule has 1 fully saturated rings. The standard InChI is InChI=1S/C20H18F3N3O7S/c1-32-15-8-16(33-2)26-19(25-15)34(30,31)9-11-10(6-7-14(24-11)20(21,22)23)18(29)17-12(27)4-3-5-13(17)28/h6-8,17H,3-5,9H2,1-2H3. The summed E-state index contributed by atoms with van der Waals surface area (Å²) in [6.45, 7) is 0. The molecule has 0 unspecified atom stereocenters. The molecule has 0 spiro atoms. The molecule has 0 amide bonds. The van der Waals surface area contributed by atoms with Crippen LogP contribution in [-0.2, 0) is 31.4 Å². The Balaban J connectivity index is 2.11. The summed E-state index contributed by atoms with van der Waals surface area (Å²) in [6.07, 6.45) is -4.81. The van der Waals surface area contributed by atoms with Gasteiger partial charge in [0.25, 0.3) is 5.16 Å². The maximum Gasteiger partial charge on any atom is 0.433 e. The maximum absolute atomic E-state index is 13.3. The first-order valence-electron chi connectivity index (χ1n) is 9.74. The van der Waals surface area contributed by atoms with Crippen LogP contribution in [0.25, 0.3) is 0 Å². The fourth-order valence-electron chi connectivity index (χ4n) is 3.32. The highest BCUT2D eigenvalue weighted by Gasteiger charge is 2.40. The Morgan fingerprint density at radius 2 is 1.59 bits per heavy atom. The zero-order valence-electron chi connectivity index (χ0n) is 17.9. The number of hydrogen-bond donors (Lipinski definition) is 0. The molecule has 1 aliphatic carbocycles. The lowest BCUT2D eigenvalue weighted by Gasteiger charge is -2.20. The van der Waals surface area contributed by atoms with Gasteiger partial charge in [-0.15, -0.1) is 0 Å². The monoisotopic (exact) mass is 501 g/mol. The Morgan fingerprint density at radius 3 is 2.09 bits per heavy atom. The van der Waals surface area contributed by atoms with E-state index < -0.39 is 67.1 Å². The topological polar surface area (TPSA) is 142 Å². The van der Waals surface area contributed by atoms with Crippen molar-refractivity contribution in [1.29, 1.82) is 0 Å². The van der Waals surface area contributed by atoms with Gasteiger partial charge < -0.3 is 9.47 Å². The number of aromatic nitrogens is 3. The van der Waals surface area contributed by atoms with Crippen LogP contribution in [0.15, 0.2) is 23.4 Å². The molecule has 3 rings (SSSR count). The van der Waals surface area contributed by atoms with Gasteiger partial charge in [-0.2, -0.15) is 23.1 Å². The van der Waals surface area contributed by atoms with Crippen molar-refractivity contribution in [1.82, 2.24) is 15.0 Å². The lowest BCUT2D eigenvalue weighted by atomic mass is 9.81. The molecule has 0 atom stereocenters. The number of ether oxygens (including phenoxy) is 2. The first-order chi connectivity index (χ1) is 15.9. The molecule has 14 heteroatoms. The van der Waals surface area contributed by atoms with E-state index in [0.717, 1.165) is 0 Å². The van der Waals surface area contributed by atoms with Gasteiger partial charge in [-0.1, -0.05) is 0 Å². The third kappa shape index (κ3) is 5.21. The van der Waals surface area contributed by atoms with Gasteiger partial charge in [0, 0.05) is 18.4 Å². The van der Waals surface area contributed by atoms with Gasteiger partial charge in [-0.05, 0) is 18.6 Å². The molecule has 34 heavy (non-hydrogen) atoms. The predicted octanol–water partition coefficient (Wildman–Crippen LogP) is 2.00. The average molecular weight is 501 g/mol. The largest absolute Gasteiger partial charge is 0.481 e. The van der Waals surface area contributed by atoms with Crippen LogP contribution in [0.4, 0.5) is 13.2 Å². The number of hydrogen-bond acceptors (Lipinski definition) is 10. The lowest BCUT2D eigenvalue weighted by molar-refractivity contribution is -0.141. The van der Waals surface area contributed by atoms with E-state index in [1.807, 2.05) is 0 Å². The molecule has 182 valence electrons. The lowest BCUT2D eigenvalue weighted by Crippen LogP contribution is -2.36. The predicted molar refractivity (Wildman–Crippen MR) is 107 cm³/mol. The number of methoxy groups -OCH3 is 2. The van der Waals surface area contributed by atoms with Crippen molar-refractivity contribution in [2.24, 2.45) is 5.92 Å². The number of ketones is 3. The number of nitrogens with zero attached hydrogens (tertiary/aromatic N) is 3. The summed E-state index contributed by atoms with van der Waals surface area (Å²) in [4.78, 5) is 48.1. The fraction of sp³-hybridized carbons (Fsp3) is 0.400. The second-order valence-electron chi connectivity index (χ2n) is 7.27. The highest BCUT2D eigenvalue weighted by molar-refractivity contribution is 7.90. The molecule has 0 N–H and O–H groups in total. The molecule has 2 aromatic heterocycles. The van der Waals surface area contributed by atoms with Gasteiger partial charge >= 0.3 is 6.18 Å². The smallest absolute Gasteiger partial charge is 0.433 e. The Bertz CT molecular complexity index is 1220. The van der Waals surface area contributed by atoms with Crippen LogP contribution in [0, 0.1) is 5.92 Å². The van der Waals surface area contributed by atoms with Gasteiger partial charge in [-0.3, -0.25) is 14.4 Å². The van der Waals surface area contributed by atoms with Crippen LogP contribution in [0.1, 0.15) is 41.0 Å². The van der Waals surface area contributed by atoms with Crippen LogP contribution in [0.2, 0.25) is 0 Å². The minimum atomic E-state index is -4.95. The Hall–Kier alpha value is -3.42. The molecule has 0 aliphatic heterocycles. The van der Waals surface area contributed by atoms with E-state index in [9.17, 15) is 36.0 Å². The zero-order chi connectivity index (χ0) is 25.3. The second-order valence-corrected chi connectivity index (χ2v) is 9.15. The third-order valence-electron chi connectivity index (χ3n) is 4.96. The van der Waals surface area contributed by atoms with Crippen LogP contribution >= 0.6 is 0 Å². The minimum Gasteiger partial charge on any atom is -0.481 e. The molecular weight excluding hydrogens is 483 g/mol. The number of carbonyl (C=O) groups excluding carboxylic acids is 3. The maximum atomic E-state index is 13.3. The first-order valence-corrected chi connectivity index (χ1v) is 11.4. The zero-order valence-corrected chi connectivity index (χ0v) is 18.7. The van der Waals surface area contributed by atoms with Crippen molar-refractivity contribution >= 4 is 27.2 Å². The number of pyridine rings is 1. The summed E-state index contributed by atoms with van der Waals surface area (Å²) in [5.74, 6) is -5.81. The Kier molecular flexibility index (Phi) is 7.00. The number of carbonyl (C=O) groups is 3. The van der Waals surface area contributed by atoms with Gasteiger partial charge in [0.2, 0.25) is 21.6 Å². The van der Waals surface area contributed by atoms with Gasteiger partial charge in [0.15, 0.2) is 17.3 Å². The highest BCUT2D eigenvalue weighted by atomic mass is 32.2. The van der Waals surface area contributed by atoms with Crippen LogP contribution < -0.4 is 9.47 Å². The normalized spacial score (nSPS) is 15.3. The van der Waals surface area contributed by atoms with Crippen molar-refractivity contribution < 1.29 is 45.4 Å². The van der Waals surface area contributed by atoms with E-state index in [4.69, 9.17) is 9.47 Å². The van der Waals surface area contributed by atoms with E-state index in [-0.39, 0.29) is 31.0 Å². The van der Waals surface area contributed by atoms with Gasteiger partial charge in [-0.25, -0.2) is 13.4 Å². The summed E-state index contributed by atoms with van der Waals surface area (Å²) in [5.41, 5.74) is -2.84. The Labute approximate surface area is 191 Å². The average Bonchev–Trinajstić information content (AvgIpc) is 2.77. The van der Waals surface area contributed by atoms with E-state index in [1.165, 1.54) is 20.3 Å². The van der Waals surface area contributed by atoms with Crippen LogP contribution in [0.5, 0.6) is 11.8 Å². The highest BCUT2D eigenvalue weighted by Crippen LogP contribution is 2.31. The molecule has 0 bridgehead atoms. The van der Waals surface area contributed by atoms with Gasteiger partial charge in [0.1, 0.15) is 17.4 Å². The quantitative estimate of drug-likeness (QED) is 0.314. The minimum absolute atomic E-state index is 0.0543. The van der Waals surface area contributed by atoms with Crippen molar-refractivity contribution in [3.05, 3.63) is 35.2 Å². The van der Waals surface area contributed by atoms with E-state index in [0.29, 0.717) is 12.1 Å². The van der Waals surface area contributed by atoms with Crippen molar-refractivity contribution in [3.63, 3.8) is 0 Å². The van der Waals surface area contributed by atoms with Crippen molar-refractivity contribution in [2.45, 2.75) is 36.3 Å². The molecule has 2 heterocycles. The number of sulfone groups is 1. The summed E-state index contributed by atoms with van der Waals surface area (Å²) in [5, 5.41) is -0.842. The Morgan fingerprint density at radius 1 is 1.03 bits per heavy atom. The molecule has 1 saturated carbocycles. The van der Waals surface area contributed by atoms with Crippen molar-refractivity contribution in [2.75, 3.05) is 14.2 Å². The summed E-state index contributed by atoms with van der Waals surface area (Å²) >= 11 is 0. The summed E-state index contributed by atoms with van der Waals surface area (Å²) in [6, 6.07) is 2.37. The molecule has 0 aromatic carbocycles. The van der Waals surface area contributed by atoms with E-state index in [2.05, 4.69) is 15.0 Å². The number of rotatable bonds is 7. The van der Waals surface area contributed by atoms with Gasteiger partial charge in [0.05, 0.1) is 26.0 Å². The summed E-state index contributed by atoms with van der Waals surface area (Å²) < 4.78 is 75.5. The molecule has 0 saturated heterocycles. The molecule has 0 radical (unpaired) electrons. The summed E-state index contributed by atoms with van der Waals surface area (Å²) in [7, 11) is -2.20. The third-order valence-corrected chi connectivity index (χ3v) is 6.36.